The fraction of sp³-hybridized carbons (Fsp3) is 0.733. The Bertz CT molecular complexity index is 524. The summed E-state index contributed by atoms with van der Waals surface area (Å²) in [7, 11) is 1.69. The first-order valence-corrected chi connectivity index (χ1v) is 8.19. The van der Waals surface area contributed by atoms with E-state index in [0.29, 0.717) is 6.61 Å². The van der Waals surface area contributed by atoms with Crippen LogP contribution in [0.15, 0.2) is 4.99 Å². The highest BCUT2D eigenvalue weighted by atomic mass is 32.1. The predicted octanol–water partition coefficient (Wildman–Crippen LogP) is 2.82. The summed E-state index contributed by atoms with van der Waals surface area (Å²) in [6, 6.07) is 0. The second-order valence-electron chi connectivity index (χ2n) is 5.46. The van der Waals surface area contributed by atoms with Gasteiger partial charge in [-0.15, -0.1) is 11.3 Å². The van der Waals surface area contributed by atoms with E-state index < -0.39 is 0 Å². The second kappa shape index (κ2) is 7.18. The average molecular weight is 296 g/mol. The molecule has 112 valence electrons. The van der Waals surface area contributed by atoms with Crippen LogP contribution in [0.3, 0.4) is 0 Å². The van der Waals surface area contributed by atoms with Crippen LogP contribution in [0.5, 0.6) is 0 Å². The predicted molar refractivity (Wildman–Crippen MR) is 80.8 cm³/mol. The highest BCUT2D eigenvalue weighted by molar-refractivity contribution is 7.09. The van der Waals surface area contributed by atoms with Gasteiger partial charge in [0.25, 0.3) is 5.91 Å². The summed E-state index contributed by atoms with van der Waals surface area (Å²) in [4.78, 5) is 18.8. The Labute approximate surface area is 124 Å². The Morgan fingerprint density at radius 2 is 2.05 bits per heavy atom. The van der Waals surface area contributed by atoms with Crippen molar-refractivity contribution in [2.75, 3.05) is 13.7 Å². The first kappa shape index (κ1) is 15.4. The average Bonchev–Trinajstić information content (AvgIpc) is 2.72. The lowest BCUT2D eigenvalue weighted by molar-refractivity contribution is -0.122. The Morgan fingerprint density at radius 3 is 2.70 bits per heavy atom. The van der Waals surface area contributed by atoms with Gasteiger partial charge in [-0.1, -0.05) is 19.3 Å². The zero-order chi connectivity index (χ0) is 14.5. The summed E-state index contributed by atoms with van der Waals surface area (Å²) >= 11 is 1.60. The number of rotatable bonds is 4. The van der Waals surface area contributed by atoms with Crippen LogP contribution in [0.1, 0.15) is 42.7 Å². The molecule has 0 aliphatic heterocycles. The molecule has 1 fully saturated rings. The molecule has 0 unspecified atom stereocenters. The lowest BCUT2D eigenvalue weighted by atomic mass is 9.89. The molecule has 1 amide bonds. The minimum Gasteiger partial charge on any atom is -0.383 e. The van der Waals surface area contributed by atoms with Gasteiger partial charge >= 0.3 is 0 Å². The van der Waals surface area contributed by atoms with Crippen LogP contribution < -0.4 is 4.80 Å². The maximum absolute atomic E-state index is 12.3. The molecule has 20 heavy (non-hydrogen) atoms. The summed E-state index contributed by atoms with van der Waals surface area (Å²) < 4.78 is 7.24. The van der Waals surface area contributed by atoms with Crippen LogP contribution in [-0.4, -0.2) is 24.2 Å². The third-order valence-electron chi connectivity index (χ3n) is 4.07. The van der Waals surface area contributed by atoms with Crippen LogP contribution in [0.4, 0.5) is 0 Å². The summed E-state index contributed by atoms with van der Waals surface area (Å²) in [5.41, 5.74) is 1.18. The van der Waals surface area contributed by atoms with E-state index in [-0.39, 0.29) is 11.8 Å². The highest BCUT2D eigenvalue weighted by Gasteiger charge is 2.21. The molecule has 0 radical (unpaired) electrons. The van der Waals surface area contributed by atoms with E-state index in [2.05, 4.69) is 23.4 Å². The first-order chi connectivity index (χ1) is 9.63. The maximum Gasteiger partial charge on any atom is 0.251 e. The number of hydrogen-bond acceptors (Lipinski definition) is 3. The van der Waals surface area contributed by atoms with Gasteiger partial charge < -0.3 is 9.30 Å². The number of thiazole rings is 1. The van der Waals surface area contributed by atoms with Crippen molar-refractivity contribution < 1.29 is 9.53 Å². The SMILES string of the molecule is COCCn1c(C)c(C)s/c1=N\C(=O)C1CCCCC1. The van der Waals surface area contributed by atoms with Crippen molar-refractivity contribution in [2.45, 2.75) is 52.5 Å². The molecule has 1 aromatic heterocycles. The van der Waals surface area contributed by atoms with Crippen molar-refractivity contribution in [1.29, 1.82) is 0 Å². The number of carbonyl (C=O) groups excluding carboxylic acids is 1. The zero-order valence-electron chi connectivity index (χ0n) is 12.6. The van der Waals surface area contributed by atoms with E-state index in [0.717, 1.165) is 37.0 Å². The fourth-order valence-electron chi connectivity index (χ4n) is 2.66. The van der Waals surface area contributed by atoms with Gasteiger partial charge in [-0.3, -0.25) is 4.79 Å². The number of nitrogens with zero attached hydrogens (tertiary/aromatic N) is 2. The zero-order valence-corrected chi connectivity index (χ0v) is 13.5. The van der Waals surface area contributed by atoms with Crippen molar-refractivity contribution in [1.82, 2.24) is 4.57 Å². The van der Waals surface area contributed by atoms with E-state index >= 15 is 0 Å². The van der Waals surface area contributed by atoms with Crippen LogP contribution in [0.25, 0.3) is 0 Å². The molecule has 1 aliphatic rings. The Kier molecular flexibility index (Phi) is 5.54. The van der Waals surface area contributed by atoms with Gasteiger partial charge in [-0.2, -0.15) is 4.99 Å². The van der Waals surface area contributed by atoms with Gasteiger partial charge in [0, 0.05) is 30.1 Å². The number of methoxy groups -OCH3 is 1. The molecule has 0 saturated heterocycles. The largest absolute Gasteiger partial charge is 0.383 e. The first-order valence-electron chi connectivity index (χ1n) is 7.38. The standard InChI is InChI=1S/C15H24N2O2S/c1-11-12(2)20-15(17(11)9-10-19-3)16-14(18)13-7-5-4-6-8-13/h13H,4-10H2,1-3H3/b16-15-. The smallest absolute Gasteiger partial charge is 0.251 e. The van der Waals surface area contributed by atoms with Crippen molar-refractivity contribution in [3.8, 4) is 0 Å². The minimum atomic E-state index is 0.0668. The maximum atomic E-state index is 12.3. The van der Waals surface area contributed by atoms with E-state index in [4.69, 9.17) is 4.74 Å². The quantitative estimate of drug-likeness (QED) is 0.857. The normalized spacial score (nSPS) is 17.6. The van der Waals surface area contributed by atoms with Crippen molar-refractivity contribution >= 4 is 17.2 Å². The van der Waals surface area contributed by atoms with Crippen molar-refractivity contribution in [2.24, 2.45) is 10.9 Å². The molecule has 0 bridgehead atoms. The summed E-state index contributed by atoms with van der Waals surface area (Å²) in [6.45, 7) is 5.55. The monoisotopic (exact) mass is 296 g/mol. The summed E-state index contributed by atoms with van der Waals surface area (Å²) in [5, 5.41) is 0. The molecular weight excluding hydrogens is 272 g/mol. The van der Waals surface area contributed by atoms with Crippen LogP contribution >= 0.6 is 11.3 Å². The molecule has 0 atom stereocenters. The van der Waals surface area contributed by atoms with Gasteiger partial charge in [0.1, 0.15) is 0 Å². The topological polar surface area (TPSA) is 43.6 Å². The van der Waals surface area contributed by atoms with Gasteiger partial charge in [0.2, 0.25) is 0 Å². The van der Waals surface area contributed by atoms with E-state index in [9.17, 15) is 4.79 Å². The summed E-state index contributed by atoms with van der Waals surface area (Å²) in [5.74, 6) is 0.208. The van der Waals surface area contributed by atoms with Crippen LogP contribution in [-0.2, 0) is 16.1 Å². The van der Waals surface area contributed by atoms with E-state index in [1.54, 1.807) is 18.4 Å². The van der Waals surface area contributed by atoms with Crippen molar-refractivity contribution in [3.05, 3.63) is 15.4 Å². The lowest BCUT2D eigenvalue weighted by Crippen LogP contribution is -2.23. The molecule has 1 aromatic rings. The third-order valence-corrected chi connectivity index (χ3v) is 5.16. The lowest BCUT2D eigenvalue weighted by Gasteiger charge is -2.17. The van der Waals surface area contributed by atoms with Crippen molar-refractivity contribution in [3.63, 3.8) is 0 Å². The van der Waals surface area contributed by atoms with Crippen LogP contribution in [0, 0.1) is 19.8 Å². The number of aromatic nitrogens is 1. The number of hydrogen-bond donors (Lipinski definition) is 0. The minimum absolute atomic E-state index is 0.0668. The molecule has 1 aliphatic carbocycles. The molecule has 4 nitrogen and oxygen atoms in total. The molecule has 0 spiro atoms. The summed E-state index contributed by atoms with van der Waals surface area (Å²) in [6.07, 6.45) is 5.60. The molecule has 5 heteroatoms. The Balaban J connectivity index is 2.23. The molecule has 0 N–H and O–H groups in total. The van der Waals surface area contributed by atoms with Gasteiger partial charge in [0.05, 0.1) is 6.61 Å². The fourth-order valence-corrected chi connectivity index (χ4v) is 3.67. The van der Waals surface area contributed by atoms with Crippen LogP contribution in [0.2, 0.25) is 0 Å². The van der Waals surface area contributed by atoms with E-state index in [1.165, 1.54) is 17.0 Å². The molecule has 1 heterocycles. The molecule has 0 aromatic carbocycles. The number of aryl methyl sites for hydroxylation is 1. The third kappa shape index (κ3) is 3.58. The number of ether oxygens (including phenoxy) is 1. The van der Waals surface area contributed by atoms with Gasteiger partial charge in [-0.25, -0.2) is 0 Å². The number of carbonyl (C=O) groups is 1. The Morgan fingerprint density at radius 1 is 1.35 bits per heavy atom. The van der Waals surface area contributed by atoms with E-state index in [1.807, 2.05) is 0 Å². The van der Waals surface area contributed by atoms with Gasteiger partial charge in [-0.05, 0) is 26.7 Å². The highest BCUT2D eigenvalue weighted by Crippen LogP contribution is 2.24. The molecule has 2 rings (SSSR count). The number of amides is 1. The second-order valence-corrected chi connectivity index (χ2v) is 6.64. The molecule has 1 saturated carbocycles. The molecular formula is C15H24N2O2S. The Hall–Kier alpha value is -0.940. The van der Waals surface area contributed by atoms with Gasteiger partial charge in [0.15, 0.2) is 4.80 Å².